The average molecular weight is 489 g/mol. The molecule has 8 heteroatoms. The van der Waals surface area contributed by atoms with Crippen LogP contribution in [0.25, 0.3) is 0 Å². The van der Waals surface area contributed by atoms with E-state index in [-0.39, 0.29) is 28.4 Å². The molecular formula is C27H20O7S. The van der Waals surface area contributed by atoms with Crippen LogP contribution in [0.5, 0.6) is 17.2 Å². The number of methoxy groups -OCH3 is 1. The first-order chi connectivity index (χ1) is 16.9. The molecular weight excluding hydrogens is 468 g/mol. The molecule has 0 aliphatic rings. The van der Waals surface area contributed by atoms with Crippen LogP contribution in [0.4, 0.5) is 0 Å². The Hall–Kier alpha value is -4.43. The molecule has 0 bridgehead atoms. The monoisotopic (exact) mass is 488 g/mol. The lowest BCUT2D eigenvalue weighted by Gasteiger charge is -2.14. The van der Waals surface area contributed by atoms with E-state index >= 15 is 0 Å². The fourth-order valence-electron chi connectivity index (χ4n) is 3.34. The highest BCUT2D eigenvalue weighted by atomic mass is 32.3. The van der Waals surface area contributed by atoms with Crippen molar-refractivity contribution in [1.82, 2.24) is 0 Å². The molecule has 0 amide bonds. The second-order valence-electron chi connectivity index (χ2n) is 7.32. The van der Waals surface area contributed by atoms with E-state index < -0.39 is 22.0 Å². The lowest BCUT2D eigenvalue weighted by atomic mass is 10.0. The molecule has 0 unspecified atom stereocenters. The van der Waals surface area contributed by atoms with E-state index in [0.717, 1.165) is 0 Å². The highest BCUT2D eigenvalue weighted by Gasteiger charge is 2.25. The fourth-order valence-corrected chi connectivity index (χ4v) is 4.10. The molecule has 0 fully saturated rings. The van der Waals surface area contributed by atoms with Crippen LogP contribution in [0.2, 0.25) is 0 Å². The van der Waals surface area contributed by atoms with Crippen LogP contribution in [-0.2, 0) is 10.4 Å². The third-order valence-electron chi connectivity index (χ3n) is 5.02. The van der Waals surface area contributed by atoms with Crippen LogP contribution in [0, 0.1) is 0 Å². The molecule has 0 atom stereocenters. The molecule has 0 heterocycles. The molecule has 0 aliphatic heterocycles. The van der Waals surface area contributed by atoms with E-state index in [2.05, 4.69) is 0 Å². The van der Waals surface area contributed by atoms with Crippen molar-refractivity contribution in [1.29, 1.82) is 0 Å². The van der Waals surface area contributed by atoms with Gasteiger partial charge in [0.1, 0.15) is 5.75 Å². The summed E-state index contributed by atoms with van der Waals surface area (Å²) in [4.78, 5) is 25.9. The molecule has 0 aliphatic carbocycles. The lowest BCUT2D eigenvalue weighted by Crippen LogP contribution is -2.19. The summed E-state index contributed by atoms with van der Waals surface area (Å²) < 4.78 is 41.3. The normalized spacial score (nSPS) is 10.9. The number of hydrogen-bond donors (Lipinski definition) is 0. The lowest BCUT2D eigenvalue weighted by molar-refractivity contribution is 0.103. The fraction of sp³-hybridized carbons (Fsp3) is 0.0370. The van der Waals surface area contributed by atoms with Gasteiger partial charge in [-0.25, -0.2) is 0 Å². The zero-order valence-corrected chi connectivity index (χ0v) is 19.4. The van der Waals surface area contributed by atoms with Crippen molar-refractivity contribution in [3.8, 4) is 17.2 Å². The maximum Gasteiger partial charge on any atom is 0.501 e. The molecule has 0 saturated carbocycles. The van der Waals surface area contributed by atoms with E-state index in [1.54, 1.807) is 66.7 Å². The summed E-state index contributed by atoms with van der Waals surface area (Å²) in [6.45, 7) is 0. The Bertz CT molecular complexity index is 1460. The summed E-state index contributed by atoms with van der Waals surface area (Å²) >= 11 is 0. The van der Waals surface area contributed by atoms with Crippen molar-refractivity contribution in [2.75, 3.05) is 7.11 Å². The highest BCUT2D eigenvalue weighted by molar-refractivity contribution is 7.82. The summed E-state index contributed by atoms with van der Waals surface area (Å²) in [6.07, 6.45) is 0. The van der Waals surface area contributed by atoms with E-state index in [9.17, 15) is 18.0 Å². The van der Waals surface area contributed by atoms with Crippen molar-refractivity contribution in [3.63, 3.8) is 0 Å². The number of benzene rings is 4. The Labute approximate surface area is 202 Å². The molecule has 176 valence electrons. The summed E-state index contributed by atoms with van der Waals surface area (Å²) in [5.41, 5.74) is 0.750. The van der Waals surface area contributed by atoms with E-state index in [0.29, 0.717) is 11.1 Å². The van der Waals surface area contributed by atoms with Crippen LogP contribution >= 0.6 is 0 Å². The van der Waals surface area contributed by atoms with Gasteiger partial charge in [0.25, 0.3) is 0 Å². The van der Waals surface area contributed by atoms with Gasteiger partial charge in [-0.15, -0.1) is 8.42 Å². The second kappa shape index (κ2) is 10.2. The molecule has 4 aromatic rings. The Morgan fingerprint density at radius 3 is 1.66 bits per heavy atom. The van der Waals surface area contributed by atoms with Crippen LogP contribution in [0.15, 0.2) is 103 Å². The van der Waals surface area contributed by atoms with Gasteiger partial charge in [0.15, 0.2) is 23.1 Å². The number of ketones is 2. The van der Waals surface area contributed by atoms with Crippen molar-refractivity contribution in [3.05, 3.63) is 125 Å². The van der Waals surface area contributed by atoms with Gasteiger partial charge in [-0.1, -0.05) is 72.8 Å². The summed E-state index contributed by atoms with van der Waals surface area (Å²) in [7, 11) is -3.35. The van der Waals surface area contributed by atoms with Gasteiger partial charge >= 0.3 is 10.4 Å². The standard InChI is InChI=1S/C27H20O7S/c1-32-21-16-17-23(27(29)20-12-6-3-7-13-20)25(18-21)34-35(30,31)33-24-15-9-8-14-22(24)26(28)19-10-4-2-5-11-19/h2-18H,1H3. The smallest absolute Gasteiger partial charge is 0.497 e. The first-order valence-electron chi connectivity index (χ1n) is 10.5. The first-order valence-corrected chi connectivity index (χ1v) is 11.8. The molecule has 35 heavy (non-hydrogen) atoms. The topological polar surface area (TPSA) is 96.0 Å². The van der Waals surface area contributed by atoms with Crippen LogP contribution in [0.3, 0.4) is 0 Å². The molecule has 0 spiro atoms. The van der Waals surface area contributed by atoms with Crippen molar-refractivity contribution < 1.29 is 31.1 Å². The van der Waals surface area contributed by atoms with E-state index in [1.165, 1.54) is 43.5 Å². The Morgan fingerprint density at radius 2 is 1.09 bits per heavy atom. The highest BCUT2D eigenvalue weighted by Crippen LogP contribution is 2.30. The van der Waals surface area contributed by atoms with Crippen molar-refractivity contribution in [2.45, 2.75) is 0 Å². The Balaban J connectivity index is 1.66. The molecule has 0 N–H and O–H groups in total. The average Bonchev–Trinajstić information content (AvgIpc) is 2.88. The van der Waals surface area contributed by atoms with Crippen LogP contribution < -0.4 is 13.1 Å². The second-order valence-corrected chi connectivity index (χ2v) is 8.47. The van der Waals surface area contributed by atoms with Gasteiger partial charge in [-0.2, -0.15) is 0 Å². The minimum Gasteiger partial charge on any atom is -0.497 e. The summed E-state index contributed by atoms with van der Waals surface area (Å²) in [5, 5.41) is 0. The third-order valence-corrected chi connectivity index (χ3v) is 5.79. The maximum atomic E-state index is 13.0. The van der Waals surface area contributed by atoms with Gasteiger partial charge < -0.3 is 13.1 Å². The largest absolute Gasteiger partial charge is 0.501 e. The minimum atomic E-state index is -4.75. The molecule has 4 rings (SSSR count). The third kappa shape index (κ3) is 5.56. The number of carbonyl (C=O) groups excluding carboxylic acids is 2. The van der Waals surface area contributed by atoms with Gasteiger partial charge in [0.05, 0.1) is 18.2 Å². The summed E-state index contributed by atoms with van der Waals surface area (Å²) in [6, 6.07) is 26.9. The molecule has 0 aromatic heterocycles. The number of hydrogen-bond acceptors (Lipinski definition) is 7. The SMILES string of the molecule is COc1ccc(C(=O)c2ccccc2)c(OS(=O)(=O)Oc2ccccc2C(=O)c2ccccc2)c1. The number of ether oxygens (including phenoxy) is 1. The molecule has 4 aromatic carbocycles. The summed E-state index contributed by atoms with van der Waals surface area (Å²) in [5.74, 6) is -1.07. The number of carbonyl (C=O) groups is 2. The van der Waals surface area contributed by atoms with E-state index in [4.69, 9.17) is 13.1 Å². The molecule has 7 nitrogen and oxygen atoms in total. The van der Waals surface area contributed by atoms with Gasteiger partial charge in [-0.3, -0.25) is 9.59 Å². The van der Waals surface area contributed by atoms with Gasteiger partial charge in [0.2, 0.25) is 0 Å². The van der Waals surface area contributed by atoms with Crippen LogP contribution in [0.1, 0.15) is 31.8 Å². The molecule has 0 radical (unpaired) electrons. The van der Waals surface area contributed by atoms with Crippen molar-refractivity contribution in [2.24, 2.45) is 0 Å². The number of para-hydroxylation sites is 1. The predicted octanol–water partition coefficient (Wildman–Crippen LogP) is 4.86. The van der Waals surface area contributed by atoms with Gasteiger partial charge in [0, 0.05) is 17.2 Å². The zero-order chi connectivity index (χ0) is 24.8. The Kier molecular flexibility index (Phi) is 6.93. The number of rotatable bonds is 9. The quantitative estimate of drug-likeness (QED) is 0.311. The predicted molar refractivity (Wildman–Crippen MR) is 129 cm³/mol. The zero-order valence-electron chi connectivity index (χ0n) is 18.6. The van der Waals surface area contributed by atoms with Gasteiger partial charge in [-0.05, 0) is 24.3 Å². The molecule has 0 saturated heterocycles. The van der Waals surface area contributed by atoms with E-state index in [1.807, 2.05) is 0 Å². The first kappa shape index (κ1) is 23.7. The van der Waals surface area contributed by atoms with Crippen molar-refractivity contribution >= 4 is 22.0 Å². The maximum absolute atomic E-state index is 13.0. The minimum absolute atomic E-state index is 0.00202. The van der Waals surface area contributed by atoms with Crippen LogP contribution in [-0.4, -0.2) is 27.1 Å². The Morgan fingerprint density at radius 1 is 0.600 bits per heavy atom.